The Morgan fingerprint density at radius 3 is 2.30 bits per heavy atom. The van der Waals surface area contributed by atoms with Crippen LogP contribution in [0.4, 0.5) is 0 Å². The van der Waals surface area contributed by atoms with Crippen LogP contribution in [0.3, 0.4) is 0 Å². The summed E-state index contributed by atoms with van der Waals surface area (Å²) in [4.78, 5) is 38.8. The van der Waals surface area contributed by atoms with Crippen molar-refractivity contribution >= 4 is 29.4 Å². The normalized spacial score (nSPS) is 19.8. The molecular formula is C17H29NO4S. The number of ether oxygens (including phenoxy) is 1. The molecule has 132 valence electrons. The van der Waals surface area contributed by atoms with E-state index in [1.54, 1.807) is 16.7 Å². The number of nitrogens with zero attached hydrogens (tertiary/aromatic N) is 1. The molecule has 23 heavy (non-hydrogen) atoms. The number of amides is 1. The number of carbonyl (C=O) groups is 3. The molecule has 1 fully saturated rings. The second kappa shape index (κ2) is 8.18. The molecule has 0 aromatic carbocycles. The number of methoxy groups -OCH3 is 1. The number of ketones is 1. The minimum absolute atomic E-state index is 0.0467. The van der Waals surface area contributed by atoms with Crippen LogP contribution >= 0.6 is 11.8 Å². The molecule has 2 unspecified atom stereocenters. The maximum Gasteiger partial charge on any atom is 0.306 e. The number of carbonyl (C=O) groups excluding carboxylic acids is 3. The van der Waals surface area contributed by atoms with Gasteiger partial charge >= 0.3 is 5.97 Å². The third kappa shape index (κ3) is 5.52. The Morgan fingerprint density at radius 2 is 1.83 bits per heavy atom. The van der Waals surface area contributed by atoms with Crippen LogP contribution < -0.4 is 0 Å². The van der Waals surface area contributed by atoms with Crippen molar-refractivity contribution in [3.63, 3.8) is 0 Å². The van der Waals surface area contributed by atoms with Gasteiger partial charge < -0.3 is 9.64 Å². The molecule has 1 saturated heterocycles. The molecule has 1 heterocycles. The van der Waals surface area contributed by atoms with Crippen molar-refractivity contribution in [1.29, 1.82) is 0 Å². The first-order valence-corrected chi connectivity index (χ1v) is 9.21. The van der Waals surface area contributed by atoms with Crippen molar-refractivity contribution in [2.75, 3.05) is 18.7 Å². The average Bonchev–Trinajstić information content (AvgIpc) is 2.91. The summed E-state index contributed by atoms with van der Waals surface area (Å²) < 4.78 is 4.73. The van der Waals surface area contributed by atoms with Gasteiger partial charge in [-0.05, 0) is 11.3 Å². The van der Waals surface area contributed by atoms with E-state index in [-0.39, 0.29) is 35.5 Å². The standard InChI is InChI=1S/C17H29NO4S/c1-11(2)7-14(19)13-9-23-10-18(13)16(21)12(17(3,4)5)8-15(20)22-6/h11-13H,7-10H2,1-6H3. The van der Waals surface area contributed by atoms with Crippen LogP contribution in [-0.4, -0.2) is 47.3 Å². The SMILES string of the molecule is COC(=O)CC(C(=O)N1CSCC1C(=O)CC(C)C)C(C)(C)C. The van der Waals surface area contributed by atoms with E-state index in [2.05, 4.69) is 0 Å². The molecule has 0 spiro atoms. The predicted octanol–water partition coefficient (Wildman–Crippen LogP) is 2.73. The van der Waals surface area contributed by atoms with Gasteiger partial charge in [0.2, 0.25) is 5.91 Å². The monoisotopic (exact) mass is 343 g/mol. The molecule has 0 saturated carbocycles. The minimum atomic E-state index is -0.483. The number of Topliss-reactive ketones (excluding diaryl/α,β-unsaturated/α-hetero) is 1. The van der Waals surface area contributed by atoms with Gasteiger partial charge in [-0.3, -0.25) is 14.4 Å². The van der Waals surface area contributed by atoms with E-state index in [4.69, 9.17) is 4.74 Å². The van der Waals surface area contributed by atoms with Gasteiger partial charge in [-0.15, -0.1) is 11.8 Å². The highest BCUT2D eigenvalue weighted by Gasteiger charge is 2.42. The first-order valence-electron chi connectivity index (χ1n) is 8.05. The van der Waals surface area contributed by atoms with Crippen LogP contribution in [0.15, 0.2) is 0 Å². The van der Waals surface area contributed by atoms with E-state index in [1.165, 1.54) is 7.11 Å². The topological polar surface area (TPSA) is 63.7 Å². The zero-order valence-electron chi connectivity index (χ0n) is 15.0. The van der Waals surface area contributed by atoms with E-state index >= 15 is 0 Å². The minimum Gasteiger partial charge on any atom is -0.469 e. The smallest absolute Gasteiger partial charge is 0.306 e. The van der Waals surface area contributed by atoms with E-state index in [0.717, 1.165) is 0 Å². The third-order valence-electron chi connectivity index (χ3n) is 4.09. The number of thioether (sulfide) groups is 1. The van der Waals surface area contributed by atoms with E-state index in [1.807, 2.05) is 34.6 Å². The molecular weight excluding hydrogens is 314 g/mol. The molecule has 0 aromatic rings. The summed E-state index contributed by atoms with van der Waals surface area (Å²) in [5, 5.41) is 0. The molecule has 1 rings (SSSR count). The maximum absolute atomic E-state index is 13.0. The quantitative estimate of drug-likeness (QED) is 0.694. The summed E-state index contributed by atoms with van der Waals surface area (Å²) in [7, 11) is 1.33. The largest absolute Gasteiger partial charge is 0.469 e. The Labute approximate surface area is 143 Å². The first kappa shape index (κ1) is 20.0. The fourth-order valence-corrected chi connectivity index (χ4v) is 3.88. The number of hydrogen-bond acceptors (Lipinski definition) is 5. The molecule has 1 aliphatic rings. The highest BCUT2D eigenvalue weighted by Crippen LogP contribution is 2.34. The Kier molecular flexibility index (Phi) is 7.11. The second-order valence-electron chi connectivity index (χ2n) is 7.59. The van der Waals surface area contributed by atoms with Crippen molar-refractivity contribution < 1.29 is 19.1 Å². The van der Waals surface area contributed by atoms with Crippen molar-refractivity contribution in [2.45, 2.75) is 53.5 Å². The predicted molar refractivity (Wildman–Crippen MR) is 92.0 cm³/mol. The second-order valence-corrected chi connectivity index (χ2v) is 8.59. The maximum atomic E-state index is 13.0. The fraction of sp³-hybridized carbons (Fsp3) is 0.824. The van der Waals surface area contributed by atoms with Gasteiger partial charge in [0.25, 0.3) is 0 Å². The first-order chi connectivity index (χ1) is 10.6. The Morgan fingerprint density at radius 1 is 1.22 bits per heavy atom. The Hall–Kier alpha value is -1.04. The average molecular weight is 343 g/mol. The summed E-state index contributed by atoms with van der Waals surface area (Å²) in [6.45, 7) is 9.81. The number of rotatable bonds is 6. The van der Waals surface area contributed by atoms with Crippen LogP contribution in [0.2, 0.25) is 0 Å². The van der Waals surface area contributed by atoms with Crippen molar-refractivity contribution in [2.24, 2.45) is 17.3 Å². The fourth-order valence-electron chi connectivity index (χ4n) is 2.68. The lowest BCUT2D eigenvalue weighted by Crippen LogP contribution is -2.48. The molecule has 2 atom stereocenters. The highest BCUT2D eigenvalue weighted by atomic mass is 32.2. The van der Waals surface area contributed by atoms with E-state index in [9.17, 15) is 14.4 Å². The molecule has 1 aliphatic heterocycles. The van der Waals surface area contributed by atoms with Gasteiger partial charge in [0.15, 0.2) is 5.78 Å². The van der Waals surface area contributed by atoms with Crippen LogP contribution in [0.25, 0.3) is 0 Å². The highest BCUT2D eigenvalue weighted by molar-refractivity contribution is 7.99. The van der Waals surface area contributed by atoms with Crippen LogP contribution in [0.1, 0.15) is 47.5 Å². The molecule has 0 aliphatic carbocycles. The Balaban J connectivity index is 2.93. The lowest BCUT2D eigenvalue weighted by molar-refractivity contribution is -0.151. The lowest BCUT2D eigenvalue weighted by Gasteiger charge is -2.34. The van der Waals surface area contributed by atoms with E-state index < -0.39 is 11.9 Å². The van der Waals surface area contributed by atoms with E-state index in [0.29, 0.717) is 18.1 Å². The van der Waals surface area contributed by atoms with Gasteiger partial charge in [-0.2, -0.15) is 0 Å². The molecule has 0 N–H and O–H groups in total. The summed E-state index contributed by atoms with van der Waals surface area (Å²) in [6.07, 6.45) is 0.525. The number of hydrogen-bond donors (Lipinski definition) is 0. The molecule has 0 aromatic heterocycles. The Bertz CT molecular complexity index is 456. The molecule has 0 bridgehead atoms. The molecule has 6 heteroatoms. The van der Waals surface area contributed by atoms with Gasteiger partial charge in [0.1, 0.15) is 6.04 Å². The van der Waals surface area contributed by atoms with Crippen LogP contribution in [-0.2, 0) is 19.1 Å². The summed E-state index contributed by atoms with van der Waals surface area (Å²) in [5.74, 6) is 0.559. The van der Waals surface area contributed by atoms with Gasteiger partial charge in [0.05, 0.1) is 25.3 Å². The third-order valence-corrected chi connectivity index (χ3v) is 5.10. The van der Waals surface area contributed by atoms with Gasteiger partial charge in [-0.25, -0.2) is 0 Å². The zero-order valence-corrected chi connectivity index (χ0v) is 15.9. The van der Waals surface area contributed by atoms with Crippen molar-refractivity contribution in [1.82, 2.24) is 4.90 Å². The summed E-state index contributed by atoms with van der Waals surface area (Å²) in [6, 6.07) is -0.364. The molecule has 1 amide bonds. The van der Waals surface area contributed by atoms with Crippen LogP contribution in [0.5, 0.6) is 0 Å². The molecule has 0 radical (unpaired) electrons. The number of esters is 1. The van der Waals surface area contributed by atoms with Gasteiger partial charge in [0, 0.05) is 12.2 Å². The summed E-state index contributed by atoms with van der Waals surface area (Å²) in [5.41, 5.74) is -0.371. The zero-order chi connectivity index (χ0) is 17.8. The lowest BCUT2D eigenvalue weighted by atomic mass is 9.77. The summed E-state index contributed by atoms with van der Waals surface area (Å²) >= 11 is 1.59. The van der Waals surface area contributed by atoms with Gasteiger partial charge in [-0.1, -0.05) is 34.6 Å². The van der Waals surface area contributed by atoms with Crippen LogP contribution in [0, 0.1) is 17.3 Å². The van der Waals surface area contributed by atoms with Crippen molar-refractivity contribution in [3.05, 3.63) is 0 Å². The van der Waals surface area contributed by atoms with Crippen molar-refractivity contribution in [3.8, 4) is 0 Å². The molecule has 5 nitrogen and oxygen atoms in total.